The Kier molecular flexibility index (Phi) is 9.39. The third kappa shape index (κ3) is 9.14. The lowest BCUT2D eigenvalue weighted by Gasteiger charge is -2.26. The molecule has 1 saturated heterocycles. The van der Waals surface area contributed by atoms with Gasteiger partial charge in [0.1, 0.15) is 18.8 Å². The maximum atomic E-state index is 12.4. The van der Waals surface area contributed by atoms with Crippen molar-refractivity contribution in [2.75, 3.05) is 53.0 Å². The molecule has 1 aliphatic heterocycles. The molecule has 2 heterocycles. The Morgan fingerprint density at radius 1 is 1.14 bits per heavy atom. The molecule has 0 spiro atoms. The van der Waals surface area contributed by atoms with E-state index in [1.807, 2.05) is 24.3 Å². The molecule has 0 atom stereocenters. The van der Waals surface area contributed by atoms with Crippen molar-refractivity contribution in [3.63, 3.8) is 0 Å². The normalized spacial score (nSPS) is 14.3. The fourth-order valence-corrected chi connectivity index (χ4v) is 3.44. The molecule has 190 valence electrons. The molecule has 10 nitrogen and oxygen atoms in total. The Bertz CT molecular complexity index is 971. The number of rotatable bonds is 9. The van der Waals surface area contributed by atoms with Crippen LogP contribution in [-0.4, -0.2) is 90.4 Å². The predicted octanol–water partition coefficient (Wildman–Crippen LogP) is 2.34. The number of hydrogen-bond acceptors (Lipinski definition) is 8. The first kappa shape index (κ1) is 26.4. The van der Waals surface area contributed by atoms with Gasteiger partial charge in [-0.25, -0.2) is 14.8 Å². The predicted molar refractivity (Wildman–Crippen MR) is 131 cm³/mol. The van der Waals surface area contributed by atoms with E-state index in [0.717, 1.165) is 49.5 Å². The smallest absolute Gasteiger partial charge is 0.408 e. The van der Waals surface area contributed by atoms with Crippen molar-refractivity contribution >= 4 is 12.0 Å². The number of hydrogen-bond donors (Lipinski definition) is 1. The van der Waals surface area contributed by atoms with E-state index in [1.54, 1.807) is 45.1 Å². The van der Waals surface area contributed by atoms with Crippen molar-refractivity contribution < 1.29 is 23.8 Å². The van der Waals surface area contributed by atoms with Crippen molar-refractivity contribution in [3.8, 4) is 17.1 Å². The summed E-state index contributed by atoms with van der Waals surface area (Å²) in [5.41, 5.74) is 2.13. The molecule has 1 aromatic heterocycles. The fraction of sp³-hybridized carbons (Fsp3) is 0.520. The fourth-order valence-electron chi connectivity index (χ4n) is 3.44. The van der Waals surface area contributed by atoms with Crippen LogP contribution < -0.4 is 10.1 Å². The van der Waals surface area contributed by atoms with Gasteiger partial charge in [0.2, 0.25) is 5.91 Å². The first-order chi connectivity index (χ1) is 16.7. The van der Waals surface area contributed by atoms with Crippen LogP contribution in [0.1, 0.15) is 26.3 Å². The summed E-state index contributed by atoms with van der Waals surface area (Å²) in [5, 5.41) is 2.49. The number of morpholine rings is 1. The molecule has 10 heteroatoms. The lowest BCUT2D eigenvalue weighted by atomic mass is 10.1. The van der Waals surface area contributed by atoms with Gasteiger partial charge in [0.15, 0.2) is 0 Å². The first-order valence-electron chi connectivity index (χ1n) is 11.7. The van der Waals surface area contributed by atoms with Gasteiger partial charge in [-0.2, -0.15) is 0 Å². The molecule has 1 fully saturated rings. The van der Waals surface area contributed by atoms with E-state index in [2.05, 4.69) is 20.2 Å². The van der Waals surface area contributed by atoms with Crippen LogP contribution >= 0.6 is 0 Å². The Morgan fingerprint density at radius 2 is 1.86 bits per heavy atom. The molecule has 1 N–H and O–H groups in total. The van der Waals surface area contributed by atoms with Crippen LogP contribution in [0.2, 0.25) is 0 Å². The summed E-state index contributed by atoms with van der Waals surface area (Å²) in [6.07, 6.45) is 2.85. The van der Waals surface area contributed by atoms with Gasteiger partial charge < -0.3 is 24.4 Å². The molecule has 35 heavy (non-hydrogen) atoms. The quantitative estimate of drug-likeness (QED) is 0.577. The van der Waals surface area contributed by atoms with Crippen LogP contribution in [0.25, 0.3) is 11.1 Å². The van der Waals surface area contributed by atoms with Gasteiger partial charge in [-0.3, -0.25) is 9.69 Å². The SMILES string of the molecule is CN(Cc1cccc(-c2cnc(OCCN3CCOCC3)nc2)c1)C(=O)CNC(=O)OC(C)(C)C. The Balaban J connectivity index is 1.48. The molecule has 3 rings (SSSR count). The highest BCUT2D eigenvalue weighted by Crippen LogP contribution is 2.20. The minimum Gasteiger partial charge on any atom is -0.462 e. The summed E-state index contributed by atoms with van der Waals surface area (Å²) < 4.78 is 16.2. The van der Waals surface area contributed by atoms with Gasteiger partial charge in [-0.1, -0.05) is 18.2 Å². The summed E-state index contributed by atoms with van der Waals surface area (Å²) in [6, 6.07) is 8.17. The summed E-state index contributed by atoms with van der Waals surface area (Å²) in [4.78, 5) is 36.7. The van der Waals surface area contributed by atoms with Crippen molar-refractivity contribution in [2.45, 2.75) is 32.9 Å². The molecule has 1 aliphatic rings. The van der Waals surface area contributed by atoms with E-state index in [0.29, 0.717) is 19.2 Å². The van der Waals surface area contributed by atoms with E-state index < -0.39 is 11.7 Å². The van der Waals surface area contributed by atoms with Gasteiger partial charge in [0, 0.05) is 51.2 Å². The summed E-state index contributed by atoms with van der Waals surface area (Å²) in [6.45, 7) is 10.3. The minimum absolute atomic E-state index is 0.133. The second kappa shape index (κ2) is 12.5. The molecule has 2 aromatic rings. The number of carbonyl (C=O) groups is 2. The highest BCUT2D eigenvalue weighted by Gasteiger charge is 2.18. The summed E-state index contributed by atoms with van der Waals surface area (Å²) in [5.74, 6) is -0.219. The molecule has 0 bridgehead atoms. The third-order valence-electron chi connectivity index (χ3n) is 5.26. The second-order valence-electron chi connectivity index (χ2n) is 9.36. The van der Waals surface area contributed by atoms with Crippen LogP contribution in [0.5, 0.6) is 6.01 Å². The molecule has 1 aromatic carbocycles. The van der Waals surface area contributed by atoms with Gasteiger partial charge in [-0.15, -0.1) is 0 Å². The molecular formula is C25H35N5O5. The van der Waals surface area contributed by atoms with E-state index in [4.69, 9.17) is 14.2 Å². The zero-order valence-corrected chi connectivity index (χ0v) is 21.0. The minimum atomic E-state index is -0.616. The third-order valence-corrected chi connectivity index (χ3v) is 5.26. The van der Waals surface area contributed by atoms with E-state index in [-0.39, 0.29) is 12.5 Å². The number of ether oxygens (including phenoxy) is 3. The van der Waals surface area contributed by atoms with Crippen LogP contribution in [0.15, 0.2) is 36.7 Å². The molecular weight excluding hydrogens is 450 g/mol. The van der Waals surface area contributed by atoms with Gasteiger partial charge in [-0.05, 0) is 38.0 Å². The lowest BCUT2D eigenvalue weighted by molar-refractivity contribution is -0.129. The molecule has 2 amide bonds. The zero-order valence-electron chi connectivity index (χ0n) is 21.0. The Hall–Kier alpha value is -3.24. The van der Waals surface area contributed by atoms with Crippen molar-refractivity contribution in [1.29, 1.82) is 0 Å². The Morgan fingerprint density at radius 3 is 2.54 bits per heavy atom. The lowest BCUT2D eigenvalue weighted by Crippen LogP contribution is -2.40. The molecule has 0 aliphatic carbocycles. The average Bonchev–Trinajstić information content (AvgIpc) is 2.83. The number of likely N-dealkylation sites (N-methyl/N-ethyl adjacent to an activating group) is 1. The van der Waals surface area contributed by atoms with Gasteiger partial charge >= 0.3 is 12.1 Å². The largest absolute Gasteiger partial charge is 0.462 e. The summed E-state index contributed by atoms with van der Waals surface area (Å²) >= 11 is 0. The van der Waals surface area contributed by atoms with Crippen LogP contribution in [0.3, 0.4) is 0 Å². The monoisotopic (exact) mass is 485 g/mol. The number of alkyl carbamates (subject to hydrolysis) is 1. The van der Waals surface area contributed by atoms with Crippen LogP contribution in [0.4, 0.5) is 4.79 Å². The van der Waals surface area contributed by atoms with Crippen molar-refractivity contribution in [1.82, 2.24) is 25.1 Å². The molecule has 0 radical (unpaired) electrons. The number of nitrogens with zero attached hydrogens (tertiary/aromatic N) is 4. The van der Waals surface area contributed by atoms with Gasteiger partial charge in [0.25, 0.3) is 0 Å². The van der Waals surface area contributed by atoms with E-state index in [1.165, 1.54) is 0 Å². The first-order valence-corrected chi connectivity index (χ1v) is 11.7. The number of nitrogens with one attached hydrogen (secondary N) is 1. The van der Waals surface area contributed by atoms with E-state index in [9.17, 15) is 9.59 Å². The topological polar surface area (TPSA) is 106 Å². The molecule has 0 saturated carbocycles. The Labute approximate surface area is 206 Å². The number of carbonyl (C=O) groups excluding carboxylic acids is 2. The number of aromatic nitrogens is 2. The highest BCUT2D eigenvalue weighted by molar-refractivity contribution is 5.82. The standard InChI is InChI=1S/C25H35N5O5/c1-25(2,3)35-24(32)28-17-22(31)29(4)18-19-6-5-7-20(14-19)21-15-26-23(27-16-21)34-13-10-30-8-11-33-12-9-30/h5-7,14-16H,8-13,17-18H2,1-4H3,(H,28,32). The maximum Gasteiger partial charge on any atom is 0.408 e. The van der Waals surface area contributed by atoms with Gasteiger partial charge in [0.05, 0.1) is 13.2 Å². The summed E-state index contributed by atoms with van der Waals surface area (Å²) in [7, 11) is 1.69. The average molecular weight is 486 g/mol. The van der Waals surface area contributed by atoms with Crippen LogP contribution in [0, 0.1) is 0 Å². The van der Waals surface area contributed by atoms with Crippen LogP contribution in [-0.2, 0) is 20.8 Å². The van der Waals surface area contributed by atoms with E-state index >= 15 is 0 Å². The highest BCUT2D eigenvalue weighted by atomic mass is 16.6. The number of amides is 2. The number of benzene rings is 1. The second-order valence-corrected chi connectivity index (χ2v) is 9.36. The zero-order chi connectivity index (χ0) is 25.3. The van der Waals surface area contributed by atoms with Crippen molar-refractivity contribution in [3.05, 3.63) is 42.2 Å². The van der Waals surface area contributed by atoms with Crippen molar-refractivity contribution in [2.24, 2.45) is 0 Å². The molecule has 0 unspecified atom stereocenters. The maximum absolute atomic E-state index is 12.4.